The lowest BCUT2D eigenvalue weighted by Crippen LogP contribution is -2.69. The van der Waals surface area contributed by atoms with Gasteiger partial charge in [0.1, 0.15) is 18.3 Å². The van der Waals surface area contributed by atoms with Gasteiger partial charge >= 0.3 is 5.97 Å². The number of aliphatic hydroxyl groups excluding tert-OH is 4. The highest BCUT2D eigenvalue weighted by Crippen LogP contribution is 2.75. The van der Waals surface area contributed by atoms with Crippen LogP contribution >= 0.6 is 0 Å². The number of rotatable bonds is 7. The van der Waals surface area contributed by atoms with Crippen LogP contribution in [0.25, 0.3) is 0 Å². The molecule has 5 aliphatic rings. The van der Waals surface area contributed by atoms with E-state index < -0.39 is 36.7 Å². The maximum absolute atomic E-state index is 11.3. The second-order valence-electron chi connectivity index (χ2n) is 15.9. The van der Waals surface area contributed by atoms with Crippen LogP contribution in [-0.2, 0) is 14.3 Å². The highest BCUT2D eigenvalue weighted by molar-refractivity contribution is 5.85. The van der Waals surface area contributed by atoms with Crippen molar-refractivity contribution in [2.45, 2.75) is 143 Å². The molecule has 3 saturated carbocycles. The van der Waals surface area contributed by atoms with Gasteiger partial charge in [0, 0.05) is 11.0 Å². The van der Waals surface area contributed by atoms with Crippen molar-refractivity contribution in [3.05, 3.63) is 22.8 Å². The fourth-order valence-corrected chi connectivity index (χ4v) is 10.8. The van der Waals surface area contributed by atoms with E-state index >= 15 is 0 Å². The third-order valence-corrected chi connectivity index (χ3v) is 13.7. The molecule has 1 aliphatic heterocycles. The van der Waals surface area contributed by atoms with E-state index in [-0.39, 0.29) is 40.3 Å². The summed E-state index contributed by atoms with van der Waals surface area (Å²) < 4.78 is 12.7. The molecule has 43 heavy (non-hydrogen) atoms. The van der Waals surface area contributed by atoms with Crippen LogP contribution in [0.2, 0.25) is 0 Å². The molecular formula is C35H56O8. The van der Waals surface area contributed by atoms with E-state index in [4.69, 9.17) is 9.47 Å². The van der Waals surface area contributed by atoms with Gasteiger partial charge in [-0.15, -0.1) is 0 Å². The minimum Gasteiger partial charge on any atom is -0.478 e. The zero-order valence-corrected chi connectivity index (χ0v) is 27.3. The molecule has 0 aromatic heterocycles. The van der Waals surface area contributed by atoms with Crippen LogP contribution in [0.3, 0.4) is 0 Å². The first-order valence-electron chi connectivity index (χ1n) is 16.6. The summed E-state index contributed by atoms with van der Waals surface area (Å²) in [6, 6.07) is 0. The lowest BCUT2D eigenvalue weighted by molar-refractivity contribution is -0.327. The molecule has 5 N–H and O–H groups in total. The molecule has 12 atom stereocenters. The maximum Gasteiger partial charge on any atom is 0.330 e. The third kappa shape index (κ3) is 5.07. The van der Waals surface area contributed by atoms with Crippen molar-refractivity contribution >= 4 is 5.97 Å². The predicted octanol–water partition coefficient (Wildman–Crippen LogP) is 4.98. The summed E-state index contributed by atoms with van der Waals surface area (Å²) in [5, 5.41) is 52.0. The van der Waals surface area contributed by atoms with E-state index in [1.807, 2.05) is 6.08 Å². The number of hydrogen-bond acceptors (Lipinski definition) is 7. The first-order valence-corrected chi connectivity index (χ1v) is 16.6. The quantitative estimate of drug-likeness (QED) is 0.156. The zero-order valence-electron chi connectivity index (χ0n) is 27.3. The van der Waals surface area contributed by atoms with Crippen LogP contribution in [0.4, 0.5) is 0 Å². The lowest BCUT2D eigenvalue weighted by atomic mass is 9.35. The van der Waals surface area contributed by atoms with Gasteiger partial charge in [-0.3, -0.25) is 0 Å². The minimum absolute atomic E-state index is 0.0150. The van der Waals surface area contributed by atoms with Crippen molar-refractivity contribution in [1.29, 1.82) is 0 Å². The highest BCUT2D eigenvalue weighted by atomic mass is 16.7. The normalized spacial score (nSPS) is 47.0. The molecule has 1 saturated heterocycles. The topological polar surface area (TPSA) is 137 Å². The van der Waals surface area contributed by atoms with E-state index in [2.05, 4.69) is 41.5 Å². The maximum atomic E-state index is 11.3. The molecule has 5 rings (SSSR count). The van der Waals surface area contributed by atoms with Crippen molar-refractivity contribution in [3.8, 4) is 0 Å². The molecular weight excluding hydrogens is 548 g/mol. The SMILES string of the molecule is C/C(=C/CC[C@H](C)C1=C2CC[C@@H]3[C@@]4(C)CC[C@@H](O)C(C)(C)[C@@H]4C[C@@H](O[C@@H]4OC[C@@H](O)[C@H](O)[C@H]4O)[C@@]3(C)[C@]2(C)CC1)C(=O)O. The number of fused-ring (bicyclic) bond motifs is 5. The Balaban J connectivity index is 1.53. The number of carboxylic acid groups (broad SMARTS) is 1. The molecule has 4 fully saturated rings. The Hall–Kier alpha value is -1.29. The van der Waals surface area contributed by atoms with Gasteiger partial charge in [0.05, 0.1) is 18.8 Å². The van der Waals surface area contributed by atoms with Crippen molar-refractivity contribution in [2.75, 3.05) is 6.61 Å². The van der Waals surface area contributed by atoms with Crippen LogP contribution < -0.4 is 0 Å². The first-order chi connectivity index (χ1) is 20.0. The standard InChI is InChI=1S/C35H56O8/c1-19(9-8-10-20(2)30(40)41)21-13-16-34(6)22(21)11-12-24-33(5)15-14-26(37)32(3,4)25(33)17-27(35(24,34)7)43-31-29(39)28(38)23(36)18-42-31/h10,19,23-29,31,36-39H,8-9,11-18H2,1-7H3,(H,40,41)/b20-10-/t19-,23+,24+,25-,26+,27+,28-,29+,31-,33+,34+,35-/m0/s1. The first kappa shape index (κ1) is 33.1. The Morgan fingerprint density at radius 3 is 2.40 bits per heavy atom. The number of ether oxygens (including phenoxy) is 2. The summed E-state index contributed by atoms with van der Waals surface area (Å²) in [6.45, 7) is 15.5. The summed E-state index contributed by atoms with van der Waals surface area (Å²) in [6.07, 6.45) is 4.51. The number of carbonyl (C=O) groups is 1. The Morgan fingerprint density at radius 2 is 1.72 bits per heavy atom. The van der Waals surface area contributed by atoms with Gasteiger partial charge in [-0.25, -0.2) is 4.79 Å². The molecule has 8 heteroatoms. The van der Waals surface area contributed by atoms with Gasteiger partial charge in [-0.1, -0.05) is 58.8 Å². The summed E-state index contributed by atoms with van der Waals surface area (Å²) in [5.74, 6) is 0.0274. The van der Waals surface area contributed by atoms with Gasteiger partial charge in [0.25, 0.3) is 0 Å². The van der Waals surface area contributed by atoms with Gasteiger partial charge < -0.3 is 35.0 Å². The number of hydrogen-bond donors (Lipinski definition) is 5. The summed E-state index contributed by atoms with van der Waals surface area (Å²) in [5.41, 5.74) is 2.74. The second-order valence-corrected chi connectivity index (χ2v) is 15.9. The van der Waals surface area contributed by atoms with E-state index in [9.17, 15) is 30.3 Å². The lowest BCUT2D eigenvalue weighted by Gasteiger charge is -2.71. The van der Waals surface area contributed by atoms with Crippen LogP contribution in [0, 0.1) is 39.4 Å². The van der Waals surface area contributed by atoms with E-state index in [0.29, 0.717) is 17.4 Å². The largest absolute Gasteiger partial charge is 0.478 e. The molecule has 0 unspecified atom stereocenters. The fraction of sp³-hybridized carbons (Fsp3) is 0.857. The Kier molecular flexibility index (Phi) is 8.85. The van der Waals surface area contributed by atoms with Crippen molar-refractivity contribution in [3.63, 3.8) is 0 Å². The zero-order chi connectivity index (χ0) is 31.7. The minimum atomic E-state index is -1.35. The molecule has 0 aromatic rings. The Bertz CT molecular complexity index is 1140. The second kappa shape index (κ2) is 11.5. The predicted molar refractivity (Wildman–Crippen MR) is 163 cm³/mol. The molecule has 0 radical (unpaired) electrons. The highest BCUT2D eigenvalue weighted by Gasteiger charge is 2.70. The molecule has 0 aromatic carbocycles. The number of aliphatic hydroxyl groups is 4. The van der Waals surface area contributed by atoms with Gasteiger partial charge in [-0.05, 0) is 98.7 Å². The molecule has 0 spiro atoms. The van der Waals surface area contributed by atoms with Crippen molar-refractivity contribution in [2.24, 2.45) is 39.4 Å². The Morgan fingerprint density at radius 1 is 1.02 bits per heavy atom. The van der Waals surface area contributed by atoms with E-state index in [0.717, 1.165) is 57.8 Å². The van der Waals surface area contributed by atoms with Crippen LogP contribution in [0.15, 0.2) is 22.8 Å². The van der Waals surface area contributed by atoms with Crippen molar-refractivity contribution in [1.82, 2.24) is 0 Å². The van der Waals surface area contributed by atoms with Gasteiger partial charge in [0.15, 0.2) is 6.29 Å². The number of carboxylic acids is 1. The molecule has 244 valence electrons. The summed E-state index contributed by atoms with van der Waals surface area (Å²) in [7, 11) is 0. The number of aliphatic carboxylic acids is 1. The fourth-order valence-electron chi connectivity index (χ4n) is 10.8. The molecule has 0 amide bonds. The van der Waals surface area contributed by atoms with E-state index in [1.54, 1.807) is 6.92 Å². The van der Waals surface area contributed by atoms with Crippen LogP contribution in [0.5, 0.6) is 0 Å². The molecule has 4 aliphatic carbocycles. The average molecular weight is 605 g/mol. The molecule has 0 bridgehead atoms. The van der Waals surface area contributed by atoms with Crippen LogP contribution in [0.1, 0.15) is 106 Å². The van der Waals surface area contributed by atoms with Gasteiger partial charge in [0.2, 0.25) is 0 Å². The van der Waals surface area contributed by atoms with Crippen molar-refractivity contribution < 1.29 is 39.8 Å². The third-order valence-electron chi connectivity index (χ3n) is 13.7. The monoisotopic (exact) mass is 604 g/mol. The average Bonchev–Trinajstić information content (AvgIpc) is 3.30. The van der Waals surface area contributed by atoms with Crippen LogP contribution in [-0.4, -0.2) is 74.9 Å². The van der Waals surface area contributed by atoms with E-state index in [1.165, 1.54) is 11.1 Å². The molecule has 1 heterocycles. The molecule has 8 nitrogen and oxygen atoms in total. The summed E-state index contributed by atoms with van der Waals surface area (Å²) in [4.78, 5) is 11.3. The van der Waals surface area contributed by atoms with Gasteiger partial charge in [-0.2, -0.15) is 0 Å². The summed E-state index contributed by atoms with van der Waals surface area (Å²) >= 11 is 0. The smallest absolute Gasteiger partial charge is 0.330 e. The Labute approximate surface area is 257 Å². The number of allylic oxidation sites excluding steroid dienone is 3.